The van der Waals surface area contributed by atoms with Crippen molar-refractivity contribution in [3.8, 4) is 0 Å². The highest BCUT2D eigenvalue weighted by Crippen LogP contribution is 2.32. The second kappa shape index (κ2) is 7.06. The molecule has 0 radical (unpaired) electrons. The summed E-state index contributed by atoms with van der Waals surface area (Å²) in [6.07, 6.45) is -1.02. The van der Waals surface area contributed by atoms with E-state index in [1.165, 1.54) is 49.0 Å². The minimum atomic E-state index is -1.02. The standard InChI is InChI=1S/C18H14FNO4S/c1-10(17(22)11-2-5-13(19)6-3-11)24-18(23)12-4-7-15-14(8-12)20-16(21)9-25-15/h2-8,10H,9H2,1H3,(H,20,21)/t10-/m1/s1. The number of carbonyl (C=O) groups excluding carboxylic acids is 3. The lowest BCUT2D eigenvalue weighted by molar-refractivity contribution is -0.113. The SMILES string of the molecule is C[C@@H](OC(=O)c1ccc2c(c1)NC(=O)CS2)C(=O)c1ccc(F)cc1. The van der Waals surface area contributed by atoms with Gasteiger partial charge in [-0.1, -0.05) is 0 Å². The fourth-order valence-corrected chi connectivity index (χ4v) is 3.13. The van der Waals surface area contributed by atoms with E-state index in [0.29, 0.717) is 11.4 Å². The maximum Gasteiger partial charge on any atom is 0.338 e. The first-order valence-electron chi connectivity index (χ1n) is 7.51. The molecule has 0 aliphatic carbocycles. The average molecular weight is 359 g/mol. The molecule has 0 spiro atoms. The van der Waals surface area contributed by atoms with Crippen molar-refractivity contribution in [2.45, 2.75) is 17.9 Å². The summed E-state index contributed by atoms with van der Waals surface area (Å²) in [5, 5.41) is 2.69. The molecule has 1 heterocycles. The third kappa shape index (κ3) is 3.88. The number of amides is 1. The fraction of sp³-hybridized carbons (Fsp3) is 0.167. The summed E-state index contributed by atoms with van der Waals surface area (Å²) >= 11 is 1.39. The molecule has 2 aromatic carbocycles. The van der Waals surface area contributed by atoms with E-state index >= 15 is 0 Å². The zero-order valence-electron chi connectivity index (χ0n) is 13.2. The Morgan fingerprint density at radius 2 is 1.84 bits per heavy atom. The molecule has 0 aromatic heterocycles. The van der Waals surface area contributed by atoms with Gasteiger partial charge >= 0.3 is 5.97 Å². The van der Waals surface area contributed by atoms with Crippen molar-refractivity contribution in [1.82, 2.24) is 0 Å². The van der Waals surface area contributed by atoms with Crippen molar-refractivity contribution >= 4 is 35.1 Å². The highest BCUT2D eigenvalue weighted by atomic mass is 32.2. The van der Waals surface area contributed by atoms with Gasteiger partial charge in [0.25, 0.3) is 0 Å². The second-order valence-electron chi connectivity index (χ2n) is 5.47. The smallest absolute Gasteiger partial charge is 0.338 e. The van der Waals surface area contributed by atoms with Crippen molar-refractivity contribution in [1.29, 1.82) is 0 Å². The second-order valence-corrected chi connectivity index (χ2v) is 6.48. The van der Waals surface area contributed by atoms with Gasteiger partial charge in [0.05, 0.1) is 17.0 Å². The van der Waals surface area contributed by atoms with Gasteiger partial charge in [0, 0.05) is 10.5 Å². The van der Waals surface area contributed by atoms with Crippen LogP contribution in [0, 0.1) is 5.82 Å². The van der Waals surface area contributed by atoms with Crippen LogP contribution in [0.15, 0.2) is 47.4 Å². The summed E-state index contributed by atoms with van der Waals surface area (Å²) in [5.41, 5.74) is 1.05. The highest BCUT2D eigenvalue weighted by molar-refractivity contribution is 8.00. The van der Waals surface area contributed by atoms with E-state index in [1.807, 2.05) is 0 Å². The fourth-order valence-electron chi connectivity index (χ4n) is 2.34. The number of ketones is 1. The lowest BCUT2D eigenvalue weighted by Crippen LogP contribution is -2.25. The van der Waals surface area contributed by atoms with Crippen LogP contribution in [0.25, 0.3) is 0 Å². The number of Topliss-reactive ketones (excluding diaryl/α,β-unsaturated/α-hetero) is 1. The Labute approximate surface area is 147 Å². The van der Waals surface area contributed by atoms with Gasteiger partial charge in [-0.2, -0.15) is 0 Å². The van der Waals surface area contributed by atoms with Crippen LogP contribution in [0.2, 0.25) is 0 Å². The van der Waals surface area contributed by atoms with Crippen LogP contribution in [0.1, 0.15) is 27.6 Å². The number of ether oxygens (including phenoxy) is 1. The van der Waals surface area contributed by atoms with E-state index in [2.05, 4.69) is 5.32 Å². The topological polar surface area (TPSA) is 72.5 Å². The Kier molecular flexibility index (Phi) is 4.85. The summed E-state index contributed by atoms with van der Waals surface area (Å²) in [6.45, 7) is 1.46. The van der Waals surface area contributed by atoms with Crippen LogP contribution in [0.3, 0.4) is 0 Å². The number of rotatable bonds is 4. The predicted octanol–water partition coefficient (Wildman–Crippen LogP) is 3.30. The van der Waals surface area contributed by atoms with Gasteiger partial charge in [-0.15, -0.1) is 11.8 Å². The molecular weight excluding hydrogens is 345 g/mol. The number of hydrogen-bond acceptors (Lipinski definition) is 5. The zero-order valence-corrected chi connectivity index (χ0v) is 14.1. The van der Waals surface area contributed by atoms with Crippen LogP contribution in [0.4, 0.5) is 10.1 Å². The number of nitrogens with one attached hydrogen (secondary N) is 1. The largest absolute Gasteiger partial charge is 0.451 e. The predicted molar refractivity (Wildman–Crippen MR) is 91.4 cm³/mol. The van der Waals surface area contributed by atoms with E-state index < -0.39 is 23.7 Å². The van der Waals surface area contributed by atoms with E-state index in [1.54, 1.807) is 12.1 Å². The van der Waals surface area contributed by atoms with Gasteiger partial charge in [0.15, 0.2) is 6.10 Å². The molecule has 0 saturated heterocycles. The Morgan fingerprint density at radius 3 is 2.56 bits per heavy atom. The quantitative estimate of drug-likeness (QED) is 0.670. The molecule has 1 amide bonds. The maximum atomic E-state index is 12.9. The van der Waals surface area contributed by atoms with Gasteiger partial charge in [-0.3, -0.25) is 9.59 Å². The Morgan fingerprint density at radius 1 is 1.16 bits per heavy atom. The molecule has 7 heteroatoms. The van der Waals surface area contributed by atoms with Gasteiger partial charge in [-0.25, -0.2) is 9.18 Å². The molecule has 0 fully saturated rings. The van der Waals surface area contributed by atoms with Crippen molar-refractivity contribution in [3.05, 3.63) is 59.4 Å². The number of esters is 1. The zero-order chi connectivity index (χ0) is 18.0. The lowest BCUT2D eigenvalue weighted by atomic mass is 10.1. The number of halogens is 1. The van der Waals surface area contributed by atoms with Crippen LogP contribution in [-0.2, 0) is 9.53 Å². The summed E-state index contributed by atoms with van der Waals surface area (Å²) < 4.78 is 18.1. The highest BCUT2D eigenvalue weighted by Gasteiger charge is 2.22. The van der Waals surface area contributed by atoms with Crippen LogP contribution >= 0.6 is 11.8 Å². The molecule has 1 aliphatic heterocycles. The van der Waals surface area contributed by atoms with E-state index in [9.17, 15) is 18.8 Å². The summed E-state index contributed by atoms with van der Waals surface area (Å²) in [4.78, 5) is 36.8. The number of thioether (sulfide) groups is 1. The summed E-state index contributed by atoms with van der Waals surface area (Å²) in [7, 11) is 0. The third-order valence-corrected chi connectivity index (χ3v) is 4.70. The molecule has 1 atom stereocenters. The normalized spacial score (nSPS) is 14.2. The molecule has 5 nitrogen and oxygen atoms in total. The Hall–Kier alpha value is -2.67. The van der Waals surface area contributed by atoms with Crippen molar-refractivity contribution in [2.75, 3.05) is 11.1 Å². The number of anilines is 1. The monoisotopic (exact) mass is 359 g/mol. The van der Waals surface area contributed by atoms with Crippen molar-refractivity contribution in [2.24, 2.45) is 0 Å². The molecular formula is C18H14FNO4S. The minimum absolute atomic E-state index is 0.136. The number of fused-ring (bicyclic) bond motifs is 1. The first-order valence-corrected chi connectivity index (χ1v) is 8.50. The number of carbonyl (C=O) groups is 3. The third-order valence-electron chi connectivity index (χ3n) is 3.63. The first-order chi connectivity index (χ1) is 11.9. The average Bonchev–Trinajstić information content (AvgIpc) is 2.61. The van der Waals surface area contributed by atoms with Gasteiger partial charge in [0.2, 0.25) is 11.7 Å². The molecule has 0 bridgehead atoms. The van der Waals surface area contributed by atoms with Gasteiger partial charge < -0.3 is 10.1 Å². The minimum Gasteiger partial charge on any atom is -0.451 e. The van der Waals surface area contributed by atoms with E-state index in [-0.39, 0.29) is 17.0 Å². The first kappa shape index (κ1) is 17.2. The lowest BCUT2D eigenvalue weighted by Gasteiger charge is -2.17. The van der Waals surface area contributed by atoms with E-state index in [0.717, 1.165) is 4.90 Å². The Bertz CT molecular complexity index is 851. The molecule has 2 aromatic rings. The molecule has 25 heavy (non-hydrogen) atoms. The Balaban J connectivity index is 1.71. The number of hydrogen-bond donors (Lipinski definition) is 1. The van der Waals surface area contributed by atoms with Crippen LogP contribution in [-0.4, -0.2) is 29.5 Å². The van der Waals surface area contributed by atoms with Gasteiger partial charge in [0.1, 0.15) is 5.82 Å². The summed E-state index contributed by atoms with van der Waals surface area (Å²) in [5.74, 6) is -1.34. The van der Waals surface area contributed by atoms with Crippen LogP contribution < -0.4 is 5.32 Å². The number of benzene rings is 2. The van der Waals surface area contributed by atoms with E-state index in [4.69, 9.17) is 4.74 Å². The molecule has 0 unspecified atom stereocenters. The molecule has 0 saturated carbocycles. The van der Waals surface area contributed by atoms with Crippen molar-refractivity contribution in [3.63, 3.8) is 0 Å². The van der Waals surface area contributed by atoms with Gasteiger partial charge in [-0.05, 0) is 49.4 Å². The molecule has 1 aliphatic rings. The van der Waals surface area contributed by atoms with Crippen LogP contribution in [0.5, 0.6) is 0 Å². The molecule has 128 valence electrons. The molecule has 1 N–H and O–H groups in total. The summed E-state index contributed by atoms with van der Waals surface area (Å²) in [6, 6.07) is 9.86. The maximum absolute atomic E-state index is 12.9. The van der Waals surface area contributed by atoms with Crippen molar-refractivity contribution < 1.29 is 23.5 Å². The molecule has 3 rings (SSSR count).